The first-order chi connectivity index (χ1) is 9.18. The van der Waals surface area contributed by atoms with E-state index in [0.717, 1.165) is 5.69 Å². The second kappa shape index (κ2) is 7.89. The summed E-state index contributed by atoms with van der Waals surface area (Å²) in [6.07, 6.45) is 0. The zero-order valence-corrected chi connectivity index (χ0v) is 12.3. The van der Waals surface area contributed by atoms with Crippen LogP contribution in [-0.2, 0) is 4.74 Å². The molecule has 1 amide bonds. The molecule has 0 unspecified atom stereocenters. The molecule has 1 aliphatic heterocycles. The zero-order valence-electron chi connectivity index (χ0n) is 12.3. The Kier molecular flexibility index (Phi) is 6.50. The Morgan fingerprint density at radius 2 is 1.89 bits per heavy atom. The molecule has 4 heteroatoms. The van der Waals surface area contributed by atoms with Crippen LogP contribution in [0.15, 0.2) is 18.2 Å². The van der Waals surface area contributed by atoms with E-state index in [1.165, 1.54) is 0 Å². The molecule has 1 aromatic heterocycles. The summed E-state index contributed by atoms with van der Waals surface area (Å²) in [7, 11) is 0. The summed E-state index contributed by atoms with van der Waals surface area (Å²) in [5.74, 6) is 0.350. The van der Waals surface area contributed by atoms with Crippen molar-refractivity contribution in [2.45, 2.75) is 33.6 Å². The van der Waals surface area contributed by atoms with Crippen LogP contribution in [-0.4, -0.2) is 42.1 Å². The predicted octanol–water partition coefficient (Wildman–Crippen LogP) is 2.70. The van der Waals surface area contributed by atoms with Gasteiger partial charge in [-0.25, -0.2) is 4.98 Å². The molecule has 1 saturated heterocycles. The van der Waals surface area contributed by atoms with E-state index in [1.807, 2.05) is 26.0 Å². The Morgan fingerprint density at radius 3 is 2.47 bits per heavy atom. The molecule has 2 rings (SSSR count). The maximum Gasteiger partial charge on any atom is 0.272 e. The Hall–Kier alpha value is -1.42. The van der Waals surface area contributed by atoms with E-state index in [1.54, 1.807) is 11.0 Å². The molecule has 0 saturated carbocycles. The third-order valence-electron chi connectivity index (χ3n) is 2.88. The van der Waals surface area contributed by atoms with Gasteiger partial charge in [-0.1, -0.05) is 33.8 Å². The number of ether oxygens (including phenoxy) is 1. The van der Waals surface area contributed by atoms with Crippen molar-refractivity contribution in [3.05, 3.63) is 29.6 Å². The van der Waals surface area contributed by atoms with Gasteiger partial charge in [0, 0.05) is 18.8 Å². The van der Waals surface area contributed by atoms with Gasteiger partial charge in [-0.15, -0.1) is 0 Å². The van der Waals surface area contributed by atoms with Crippen molar-refractivity contribution < 1.29 is 9.53 Å². The molecule has 1 aliphatic rings. The van der Waals surface area contributed by atoms with Crippen LogP contribution in [0.2, 0.25) is 0 Å². The lowest BCUT2D eigenvalue weighted by Gasteiger charge is -2.26. The summed E-state index contributed by atoms with van der Waals surface area (Å²) in [6.45, 7) is 10.7. The first kappa shape index (κ1) is 15.6. The molecule has 0 bridgehead atoms. The second-order valence-corrected chi connectivity index (χ2v) is 4.51. The maximum atomic E-state index is 12.2. The third kappa shape index (κ3) is 4.31. The van der Waals surface area contributed by atoms with Gasteiger partial charge in [0.05, 0.1) is 13.2 Å². The van der Waals surface area contributed by atoms with Gasteiger partial charge in [-0.05, 0) is 18.1 Å². The summed E-state index contributed by atoms with van der Waals surface area (Å²) in [6, 6.07) is 5.64. The second-order valence-electron chi connectivity index (χ2n) is 4.51. The third-order valence-corrected chi connectivity index (χ3v) is 2.88. The Bertz CT molecular complexity index is 399. The van der Waals surface area contributed by atoms with Crippen molar-refractivity contribution in [2.24, 2.45) is 0 Å². The lowest BCUT2D eigenvalue weighted by molar-refractivity contribution is 0.0299. The first-order valence-corrected chi connectivity index (χ1v) is 7.02. The van der Waals surface area contributed by atoms with E-state index >= 15 is 0 Å². The number of nitrogens with zero attached hydrogens (tertiary/aromatic N) is 2. The summed E-state index contributed by atoms with van der Waals surface area (Å²) in [5.41, 5.74) is 1.50. The lowest BCUT2D eigenvalue weighted by atomic mass is 10.1. The smallest absolute Gasteiger partial charge is 0.272 e. The highest BCUT2D eigenvalue weighted by Crippen LogP contribution is 2.13. The number of carbonyl (C=O) groups excluding carboxylic acids is 1. The minimum absolute atomic E-state index is 0.0100. The monoisotopic (exact) mass is 264 g/mol. The molecule has 2 heterocycles. The fourth-order valence-corrected chi connectivity index (χ4v) is 1.82. The van der Waals surface area contributed by atoms with Crippen molar-refractivity contribution in [1.29, 1.82) is 0 Å². The van der Waals surface area contributed by atoms with Crippen molar-refractivity contribution in [2.75, 3.05) is 26.3 Å². The average molecular weight is 264 g/mol. The van der Waals surface area contributed by atoms with Gasteiger partial charge in [-0.3, -0.25) is 4.79 Å². The molecule has 19 heavy (non-hydrogen) atoms. The molecule has 0 radical (unpaired) electrons. The quantitative estimate of drug-likeness (QED) is 0.824. The molecule has 1 aromatic rings. The first-order valence-electron chi connectivity index (χ1n) is 7.02. The van der Waals surface area contributed by atoms with Gasteiger partial charge in [0.25, 0.3) is 5.91 Å². The minimum Gasteiger partial charge on any atom is -0.378 e. The molecule has 0 aliphatic carbocycles. The van der Waals surface area contributed by atoms with Gasteiger partial charge >= 0.3 is 0 Å². The van der Waals surface area contributed by atoms with E-state index in [-0.39, 0.29) is 5.91 Å². The van der Waals surface area contributed by atoms with Crippen LogP contribution in [0.4, 0.5) is 0 Å². The van der Waals surface area contributed by atoms with Crippen LogP contribution in [0.3, 0.4) is 0 Å². The highest BCUT2D eigenvalue weighted by Gasteiger charge is 2.19. The van der Waals surface area contributed by atoms with Gasteiger partial charge in [-0.2, -0.15) is 0 Å². The number of hydrogen-bond acceptors (Lipinski definition) is 3. The van der Waals surface area contributed by atoms with E-state index in [0.29, 0.717) is 37.9 Å². The van der Waals surface area contributed by atoms with Gasteiger partial charge in [0.1, 0.15) is 5.69 Å². The number of amides is 1. The van der Waals surface area contributed by atoms with Crippen molar-refractivity contribution in [3.8, 4) is 0 Å². The van der Waals surface area contributed by atoms with Gasteiger partial charge in [0.15, 0.2) is 0 Å². The SMILES string of the molecule is CC.CC(C)c1cccc(C(=O)N2CCOCC2)n1. The summed E-state index contributed by atoms with van der Waals surface area (Å²) in [5, 5.41) is 0. The number of aromatic nitrogens is 1. The highest BCUT2D eigenvalue weighted by atomic mass is 16.5. The lowest BCUT2D eigenvalue weighted by Crippen LogP contribution is -2.41. The summed E-state index contributed by atoms with van der Waals surface area (Å²) >= 11 is 0. The Morgan fingerprint density at radius 1 is 1.26 bits per heavy atom. The Balaban J connectivity index is 0.000000861. The van der Waals surface area contributed by atoms with E-state index in [4.69, 9.17) is 4.74 Å². The topological polar surface area (TPSA) is 42.4 Å². The van der Waals surface area contributed by atoms with Crippen LogP contribution in [0.1, 0.15) is 49.8 Å². The maximum absolute atomic E-state index is 12.2. The molecular weight excluding hydrogens is 240 g/mol. The van der Waals surface area contributed by atoms with E-state index in [9.17, 15) is 4.79 Å². The Labute approximate surface area is 115 Å². The number of morpholine rings is 1. The molecule has 0 spiro atoms. The van der Waals surface area contributed by atoms with E-state index < -0.39 is 0 Å². The van der Waals surface area contributed by atoms with Crippen LogP contribution in [0, 0.1) is 0 Å². The number of carbonyl (C=O) groups is 1. The number of rotatable bonds is 2. The van der Waals surface area contributed by atoms with Crippen LogP contribution < -0.4 is 0 Å². The predicted molar refractivity (Wildman–Crippen MR) is 76.4 cm³/mol. The fourth-order valence-electron chi connectivity index (χ4n) is 1.82. The molecular formula is C15H24N2O2. The van der Waals surface area contributed by atoms with Crippen LogP contribution in [0.25, 0.3) is 0 Å². The molecule has 0 atom stereocenters. The summed E-state index contributed by atoms with van der Waals surface area (Å²) < 4.78 is 5.23. The van der Waals surface area contributed by atoms with Crippen molar-refractivity contribution in [1.82, 2.24) is 9.88 Å². The van der Waals surface area contributed by atoms with Crippen LogP contribution in [0.5, 0.6) is 0 Å². The normalized spacial score (nSPS) is 14.9. The van der Waals surface area contributed by atoms with E-state index in [2.05, 4.69) is 18.8 Å². The van der Waals surface area contributed by atoms with Gasteiger partial charge in [0.2, 0.25) is 0 Å². The molecule has 1 fully saturated rings. The minimum atomic E-state index is 0.0100. The highest BCUT2D eigenvalue weighted by molar-refractivity contribution is 5.92. The number of pyridine rings is 1. The molecule has 0 aromatic carbocycles. The molecule has 0 N–H and O–H groups in total. The van der Waals surface area contributed by atoms with Crippen LogP contribution >= 0.6 is 0 Å². The summed E-state index contributed by atoms with van der Waals surface area (Å²) in [4.78, 5) is 18.4. The standard InChI is InChI=1S/C13H18N2O2.C2H6/c1-10(2)11-4-3-5-12(14-11)13(16)15-6-8-17-9-7-15;1-2/h3-5,10H,6-9H2,1-2H3;1-2H3. The molecule has 106 valence electrons. The largest absolute Gasteiger partial charge is 0.378 e. The van der Waals surface area contributed by atoms with Gasteiger partial charge < -0.3 is 9.64 Å². The van der Waals surface area contributed by atoms with Crippen molar-refractivity contribution >= 4 is 5.91 Å². The van der Waals surface area contributed by atoms with Crippen molar-refractivity contribution in [3.63, 3.8) is 0 Å². The zero-order chi connectivity index (χ0) is 14.3. The number of hydrogen-bond donors (Lipinski definition) is 0. The molecule has 4 nitrogen and oxygen atoms in total. The fraction of sp³-hybridized carbons (Fsp3) is 0.600. The average Bonchev–Trinajstić information content (AvgIpc) is 2.49.